The molecule has 0 aliphatic heterocycles. The zero-order valence-electron chi connectivity index (χ0n) is 9.99. The molecule has 1 aromatic rings. The molecular weight excluding hydrogens is 190 g/mol. The predicted octanol–water partition coefficient (Wildman–Crippen LogP) is 1.90. The normalized spacial score (nSPS) is 13.1. The first kappa shape index (κ1) is 11.8. The van der Waals surface area contributed by atoms with Crippen molar-refractivity contribution in [2.24, 2.45) is 5.92 Å². The van der Waals surface area contributed by atoms with Crippen LogP contribution < -0.4 is 11.1 Å². The minimum absolute atomic E-state index is 0.298. The molecule has 1 heterocycles. The Balaban J connectivity index is 2.68. The van der Waals surface area contributed by atoms with E-state index in [0.29, 0.717) is 23.9 Å². The number of rotatable bonds is 5. The molecule has 0 radical (unpaired) electrons. The van der Waals surface area contributed by atoms with Crippen molar-refractivity contribution in [3.63, 3.8) is 0 Å². The van der Waals surface area contributed by atoms with E-state index in [9.17, 15) is 0 Å². The summed E-state index contributed by atoms with van der Waals surface area (Å²) in [6.45, 7) is 9.33. The highest BCUT2D eigenvalue weighted by atomic mass is 15.4. The molecular formula is C10H21N5. The van der Waals surface area contributed by atoms with E-state index >= 15 is 0 Å². The molecule has 0 amide bonds. The lowest BCUT2D eigenvalue weighted by molar-refractivity contribution is 0.484. The molecule has 0 saturated carbocycles. The topological polar surface area (TPSA) is 68.8 Å². The molecule has 15 heavy (non-hydrogen) atoms. The highest BCUT2D eigenvalue weighted by molar-refractivity contribution is 5.31. The molecule has 1 unspecified atom stereocenters. The number of nitrogens with two attached hydrogens (primary N) is 1. The van der Waals surface area contributed by atoms with E-state index in [1.807, 2.05) is 0 Å². The third-order valence-electron chi connectivity index (χ3n) is 2.33. The number of hydrogen-bond acceptors (Lipinski definition) is 4. The van der Waals surface area contributed by atoms with Crippen molar-refractivity contribution < 1.29 is 0 Å². The molecule has 1 rings (SSSR count). The van der Waals surface area contributed by atoms with Crippen molar-refractivity contribution in [3.8, 4) is 0 Å². The van der Waals surface area contributed by atoms with Crippen LogP contribution >= 0.6 is 0 Å². The summed E-state index contributed by atoms with van der Waals surface area (Å²) in [4.78, 5) is 4.17. The van der Waals surface area contributed by atoms with E-state index < -0.39 is 0 Å². The van der Waals surface area contributed by atoms with Gasteiger partial charge in [-0.05, 0) is 19.3 Å². The molecule has 0 aromatic carbocycles. The van der Waals surface area contributed by atoms with Crippen LogP contribution in [0.1, 0.15) is 40.2 Å². The van der Waals surface area contributed by atoms with Crippen molar-refractivity contribution in [1.29, 1.82) is 0 Å². The van der Waals surface area contributed by atoms with Gasteiger partial charge >= 0.3 is 0 Å². The van der Waals surface area contributed by atoms with Crippen LogP contribution in [0.15, 0.2) is 0 Å². The van der Waals surface area contributed by atoms with Gasteiger partial charge < -0.3 is 11.1 Å². The number of nitrogen functional groups attached to an aromatic ring is 1. The summed E-state index contributed by atoms with van der Waals surface area (Å²) in [6, 6.07) is 0.298. The van der Waals surface area contributed by atoms with Gasteiger partial charge in [-0.1, -0.05) is 20.8 Å². The molecule has 0 aliphatic rings. The largest absolute Gasteiger partial charge is 0.368 e. The quantitative estimate of drug-likeness (QED) is 0.780. The van der Waals surface area contributed by atoms with Gasteiger partial charge in [0, 0.05) is 6.54 Å². The van der Waals surface area contributed by atoms with Crippen LogP contribution in [-0.2, 0) is 0 Å². The molecule has 86 valence electrons. The van der Waals surface area contributed by atoms with Crippen molar-refractivity contribution in [2.75, 3.05) is 17.6 Å². The Morgan fingerprint density at radius 2 is 2.07 bits per heavy atom. The fraction of sp³-hybridized carbons (Fsp3) is 0.800. The third-order valence-corrected chi connectivity index (χ3v) is 2.33. The Morgan fingerprint density at radius 3 is 2.60 bits per heavy atom. The Hall–Kier alpha value is -1.26. The summed E-state index contributed by atoms with van der Waals surface area (Å²) in [5.41, 5.74) is 5.77. The summed E-state index contributed by atoms with van der Waals surface area (Å²) in [5, 5.41) is 7.48. The fourth-order valence-corrected chi connectivity index (χ4v) is 1.20. The Kier molecular flexibility index (Phi) is 3.94. The van der Waals surface area contributed by atoms with Gasteiger partial charge in [0.25, 0.3) is 0 Å². The lowest BCUT2D eigenvalue weighted by Crippen LogP contribution is -2.11. The molecule has 0 bridgehead atoms. The van der Waals surface area contributed by atoms with Crippen molar-refractivity contribution in [3.05, 3.63) is 0 Å². The molecule has 0 spiro atoms. The maximum atomic E-state index is 5.77. The second kappa shape index (κ2) is 5.00. The number of nitrogens with zero attached hydrogens (tertiary/aromatic N) is 3. The summed E-state index contributed by atoms with van der Waals surface area (Å²) in [6.07, 6.45) is 0.997. The van der Waals surface area contributed by atoms with Gasteiger partial charge in [-0.15, -0.1) is 5.10 Å². The van der Waals surface area contributed by atoms with Crippen LogP contribution in [-0.4, -0.2) is 21.3 Å². The van der Waals surface area contributed by atoms with Crippen LogP contribution in [0.4, 0.5) is 11.9 Å². The van der Waals surface area contributed by atoms with Gasteiger partial charge in [-0.3, -0.25) is 0 Å². The lowest BCUT2D eigenvalue weighted by Gasteiger charge is -2.09. The van der Waals surface area contributed by atoms with Crippen LogP contribution in [0.5, 0.6) is 0 Å². The standard InChI is InChI=1S/C10H21N5/c1-5-8(4)15-9(11)13-10(14-15)12-6-7(2)3/h7-8H,5-6H2,1-4H3,(H3,11,12,13,14). The smallest absolute Gasteiger partial charge is 0.243 e. The molecule has 3 N–H and O–H groups in total. The third kappa shape index (κ3) is 3.11. The minimum Gasteiger partial charge on any atom is -0.368 e. The Bertz CT molecular complexity index is 305. The number of nitrogens with one attached hydrogen (secondary N) is 1. The highest BCUT2D eigenvalue weighted by Gasteiger charge is 2.11. The van der Waals surface area contributed by atoms with Gasteiger partial charge in [0.1, 0.15) is 0 Å². The van der Waals surface area contributed by atoms with Gasteiger partial charge in [0.15, 0.2) is 0 Å². The summed E-state index contributed by atoms with van der Waals surface area (Å²) in [5.74, 6) is 1.68. The van der Waals surface area contributed by atoms with Crippen LogP contribution in [0.25, 0.3) is 0 Å². The number of hydrogen-bond donors (Lipinski definition) is 2. The molecule has 5 heteroatoms. The maximum Gasteiger partial charge on any atom is 0.243 e. The van der Waals surface area contributed by atoms with Crippen LogP contribution in [0.2, 0.25) is 0 Å². The van der Waals surface area contributed by atoms with Crippen molar-refractivity contribution in [1.82, 2.24) is 14.8 Å². The van der Waals surface area contributed by atoms with E-state index in [4.69, 9.17) is 5.73 Å². The summed E-state index contributed by atoms with van der Waals surface area (Å²) >= 11 is 0. The van der Waals surface area contributed by atoms with Crippen molar-refractivity contribution in [2.45, 2.75) is 40.2 Å². The molecule has 1 atom stereocenters. The molecule has 5 nitrogen and oxygen atoms in total. The van der Waals surface area contributed by atoms with Crippen LogP contribution in [0, 0.1) is 5.92 Å². The van der Waals surface area contributed by atoms with Crippen LogP contribution in [0.3, 0.4) is 0 Å². The number of anilines is 2. The first-order valence-electron chi connectivity index (χ1n) is 5.50. The predicted molar refractivity (Wildman–Crippen MR) is 62.8 cm³/mol. The fourth-order valence-electron chi connectivity index (χ4n) is 1.20. The maximum absolute atomic E-state index is 5.77. The van der Waals surface area contributed by atoms with Gasteiger partial charge in [-0.25, -0.2) is 4.68 Å². The minimum atomic E-state index is 0.298. The zero-order valence-corrected chi connectivity index (χ0v) is 9.99. The van der Waals surface area contributed by atoms with E-state index in [1.165, 1.54) is 0 Å². The summed E-state index contributed by atoms with van der Waals surface area (Å²) in [7, 11) is 0. The molecule has 0 fully saturated rings. The summed E-state index contributed by atoms with van der Waals surface area (Å²) < 4.78 is 1.77. The SMILES string of the molecule is CCC(C)n1nc(NCC(C)C)nc1N. The highest BCUT2D eigenvalue weighted by Crippen LogP contribution is 2.15. The van der Waals surface area contributed by atoms with E-state index in [0.717, 1.165) is 13.0 Å². The second-order valence-electron chi connectivity index (χ2n) is 4.27. The first-order valence-corrected chi connectivity index (χ1v) is 5.50. The lowest BCUT2D eigenvalue weighted by atomic mass is 10.2. The zero-order chi connectivity index (χ0) is 11.4. The van der Waals surface area contributed by atoms with Crippen molar-refractivity contribution >= 4 is 11.9 Å². The Labute approximate surface area is 91.1 Å². The molecule has 1 aromatic heterocycles. The van der Waals surface area contributed by atoms with Gasteiger partial charge in [0.2, 0.25) is 11.9 Å². The van der Waals surface area contributed by atoms with E-state index in [-0.39, 0.29) is 0 Å². The average Bonchev–Trinajstić information content (AvgIpc) is 2.55. The molecule has 0 aliphatic carbocycles. The van der Waals surface area contributed by atoms with Gasteiger partial charge in [-0.2, -0.15) is 4.98 Å². The van der Waals surface area contributed by atoms with E-state index in [1.54, 1.807) is 4.68 Å². The van der Waals surface area contributed by atoms with Gasteiger partial charge in [0.05, 0.1) is 6.04 Å². The van der Waals surface area contributed by atoms with E-state index in [2.05, 4.69) is 43.1 Å². The first-order chi connectivity index (χ1) is 7.04. The second-order valence-corrected chi connectivity index (χ2v) is 4.27. The Morgan fingerprint density at radius 1 is 1.40 bits per heavy atom. The molecule has 0 saturated heterocycles. The monoisotopic (exact) mass is 211 g/mol. The average molecular weight is 211 g/mol. The number of aromatic nitrogens is 3.